The Morgan fingerprint density at radius 1 is 1.14 bits per heavy atom. The standard InChI is InChI=1S/C19H24BFN2O5/c1-18(2,24)19(3,4)28-20-12-6-7-13(27-17-22-8-5-9-23-17)15(21)14(12)16-25-10-11-26-16/h5-9,16,20,24H,10-11H2,1-4H3. The van der Waals surface area contributed by atoms with Crippen molar-refractivity contribution >= 4 is 12.9 Å². The van der Waals surface area contributed by atoms with Crippen molar-refractivity contribution in [1.82, 2.24) is 9.97 Å². The van der Waals surface area contributed by atoms with E-state index in [1.165, 1.54) is 18.5 Å². The highest BCUT2D eigenvalue weighted by molar-refractivity contribution is 6.47. The van der Waals surface area contributed by atoms with Crippen LogP contribution in [0.5, 0.6) is 11.8 Å². The molecular formula is C19H24BFN2O5. The minimum Gasteiger partial charge on any atom is -0.427 e. The normalized spacial score (nSPS) is 15.6. The summed E-state index contributed by atoms with van der Waals surface area (Å²) in [6, 6.07) is 4.84. The van der Waals surface area contributed by atoms with E-state index in [1.54, 1.807) is 39.8 Å². The van der Waals surface area contributed by atoms with Gasteiger partial charge in [-0.1, -0.05) is 6.07 Å². The summed E-state index contributed by atoms with van der Waals surface area (Å²) < 4.78 is 37.7. The van der Waals surface area contributed by atoms with Gasteiger partial charge in [0, 0.05) is 18.0 Å². The van der Waals surface area contributed by atoms with Crippen molar-refractivity contribution in [2.24, 2.45) is 0 Å². The Hall–Kier alpha value is -2.07. The molecule has 1 aliphatic rings. The van der Waals surface area contributed by atoms with Crippen LogP contribution in [0.2, 0.25) is 0 Å². The van der Waals surface area contributed by atoms with E-state index in [-0.39, 0.29) is 24.8 Å². The largest absolute Gasteiger partial charge is 0.427 e. The minimum atomic E-state index is -1.08. The summed E-state index contributed by atoms with van der Waals surface area (Å²) in [5.74, 6) is -0.660. The first-order valence-corrected chi connectivity index (χ1v) is 9.05. The molecule has 2 heterocycles. The molecule has 0 atom stereocenters. The van der Waals surface area contributed by atoms with Crippen LogP contribution >= 0.6 is 0 Å². The van der Waals surface area contributed by atoms with Crippen molar-refractivity contribution in [3.63, 3.8) is 0 Å². The summed E-state index contributed by atoms with van der Waals surface area (Å²) in [6.07, 6.45) is 2.15. The van der Waals surface area contributed by atoms with Gasteiger partial charge in [0.25, 0.3) is 0 Å². The molecular weight excluding hydrogens is 366 g/mol. The van der Waals surface area contributed by atoms with Crippen molar-refractivity contribution < 1.29 is 28.4 Å². The maximum atomic E-state index is 15.3. The van der Waals surface area contributed by atoms with Crippen LogP contribution in [0, 0.1) is 5.82 Å². The second kappa shape index (κ2) is 8.12. The first-order valence-electron chi connectivity index (χ1n) is 9.05. The molecule has 1 saturated heterocycles. The Balaban J connectivity index is 1.90. The SMILES string of the molecule is CC(C)(O)C(C)(C)OBc1ccc(Oc2ncccn2)c(F)c1C1OCCO1. The van der Waals surface area contributed by atoms with Gasteiger partial charge in [-0.3, -0.25) is 0 Å². The van der Waals surface area contributed by atoms with Gasteiger partial charge in [0.15, 0.2) is 17.9 Å². The average Bonchev–Trinajstić information content (AvgIpc) is 3.16. The van der Waals surface area contributed by atoms with E-state index < -0.39 is 23.3 Å². The van der Waals surface area contributed by atoms with Gasteiger partial charge in [0.05, 0.1) is 24.4 Å². The lowest BCUT2D eigenvalue weighted by atomic mass is 9.80. The summed E-state index contributed by atoms with van der Waals surface area (Å²) in [6.45, 7) is 7.60. The summed E-state index contributed by atoms with van der Waals surface area (Å²) in [4.78, 5) is 7.89. The van der Waals surface area contributed by atoms with Crippen LogP contribution < -0.4 is 10.2 Å². The molecule has 1 fully saturated rings. The molecule has 28 heavy (non-hydrogen) atoms. The van der Waals surface area contributed by atoms with Crippen LogP contribution in [-0.4, -0.2) is 47.0 Å². The van der Waals surface area contributed by atoms with Gasteiger partial charge >= 0.3 is 13.5 Å². The molecule has 1 aliphatic heterocycles. The molecule has 0 amide bonds. The van der Waals surface area contributed by atoms with Crippen molar-refractivity contribution in [3.8, 4) is 11.8 Å². The van der Waals surface area contributed by atoms with Crippen molar-refractivity contribution in [1.29, 1.82) is 0 Å². The number of ether oxygens (including phenoxy) is 3. The third-order valence-electron chi connectivity index (χ3n) is 4.90. The maximum Gasteiger partial charge on any atom is 0.321 e. The zero-order valence-electron chi connectivity index (χ0n) is 16.4. The number of hydrogen-bond acceptors (Lipinski definition) is 7. The Morgan fingerprint density at radius 2 is 1.79 bits per heavy atom. The number of aliphatic hydroxyl groups is 1. The molecule has 1 aromatic heterocycles. The first-order chi connectivity index (χ1) is 13.2. The predicted molar refractivity (Wildman–Crippen MR) is 101 cm³/mol. The van der Waals surface area contributed by atoms with Crippen molar-refractivity contribution in [3.05, 3.63) is 42.0 Å². The second-order valence-electron chi connectivity index (χ2n) is 7.52. The highest BCUT2D eigenvalue weighted by atomic mass is 19.1. The fraction of sp³-hybridized carbons (Fsp3) is 0.474. The number of aromatic nitrogens is 2. The monoisotopic (exact) mass is 390 g/mol. The Kier molecular flexibility index (Phi) is 5.99. The van der Waals surface area contributed by atoms with Gasteiger partial charge in [0.2, 0.25) is 0 Å². The van der Waals surface area contributed by atoms with Crippen molar-refractivity contribution in [2.45, 2.75) is 45.2 Å². The van der Waals surface area contributed by atoms with Gasteiger partial charge in [-0.2, -0.15) is 0 Å². The number of rotatable bonds is 7. The van der Waals surface area contributed by atoms with E-state index >= 15 is 4.39 Å². The molecule has 1 N–H and O–H groups in total. The summed E-state index contributed by atoms with van der Waals surface area (Å²) >= 11 is 0. The fourth-order valence-electron chi connectivity index (χ4n) is 2.47. The molecule has 0 radical (unpaired) electrons. The third-order valence-corrected chi connectivity index (χ3v) is 4.90. The molecule has 0 aliphatic carbocycles. The third kappa shape index (κ3) is 4.49. The van der Waals surface area contributed by atoms with E-state index in [0.29, 0.717) is 18.7 Å². The smallest absolute Gasteiger partial charge is 0.321 e. The lowest BCUT2D eigenvalue weighted by Crippen LogP contribution is -2.49. The summed E-state index contributed by atoms with van der Waals surface area (Å²) in [5, 5.41) is 10.3. The minimum absolute atomic E-state index is 0.0350. The quantitative estimate of drug-likeness (QED) is 0.724. The number of halogens is 1. The van der Waals surface area contributed by atoms with Crippen molar-refractivity contribution in [2.75, 3.05) is 13.2 Å². The Labute approximate surface area is 164 Å². The highest BCUT2D eigenvalue weighted by Gasteiger charge is 2.37. The molecule has 1 aromatic carbocycles. The summed E-state index contributed by atoms with van der Waals surface area (Å²) in [5.41, 5.74) is -1.19. The van der Waals surface area contributed by atoms with Gasteiger partial charge in [-0.25, -0.2) is 14.4 Å². The number of nitrogens with zero attached hydrogens (tertiary/aromatic N) is 2. The molecule has 0 saturated carbocycles. The molecule has 9 heteroatoms. The topological polar surface area (TPSA) is 82.9 Å². The molecule has 150 valence electrons. The second-order valence-corrected chi connectivity index (χ2v) is 7.52. The highest BCUT2D eigenvalue weighted by Crippen LogP contribution is 2.31. The van der Waals surface area contributed by atoms with Crippen LogP contribution in [0.3, 0.4) is 0 Å². The Bertz CT molecular complexity index is 808. The molecule has 0 bridgehead atoms. The molecule has 0 unspecified atom stereocenters. The van der Waals surface area contributed by atoms with Gasteiger partial charge in [0.1, 0.15) is 0 Å². The van der Waals surface area contributed by atoms with Crippen LogP contribution in [0.15, 0.2) is 30.6 Å². The van der Waals surface area contributed by atoms with E-state index in [0.717, 1.165) is 0 Å². The maximum absolute atomic E-state index is 15.3. The molecule has 2 aromatic rings. The van der Waals surface area contributed by atoms with Crippen LogP contribution in [0.25, 0.3) is 0 Å². The fourth-order valence-corrected chi connectivity index (χ4v) is 2.47. The molecule has 0 spiro atoms. The van der Waals surface area contributed by atoms with Gasteiger partial charge < -0.3 is 24.0 Å². The number of benzene rings is 1. The van der Waals surface area contributed by atoms with E-state index in [1.807, 2.05) is 0 Å². The van der Waals surface area contributed by atoms with E-state index in [4.69, 9.17) is 18.9 Å². The lowest BCUT2D eigenvalue weighted by Gasteiger charge is -2.37. The van der Waals surface area contributed by atoms with Crippen LogP contribution in [-0.2, 0) is 14.1 Å². The van der Waals surface area contributed by atoms with Crippen LogP contribution in [0.1, 0.15) is 39.5 Å². The first kappa shape index (κ1) is 20.7. The molecule has 7 nitrogen and oxygen atoms in total. The van der Waals surface area contributed by atoms with E-state index in [2.05, 4.69) is 9.97 Å². The molecule has 3 rings (SSSR count). The van der Waals surface area contributed by atoms with Gasteiger partial charge in [-0.05, 0) is 45.3 Å². The van der Waals surface area contributed by atoms with Gasteiger partial charge in [-0.15, -0.1) is 0 Å². The van der Waals surface area contributed by atoms with Crippen LogP contribution in [0.4, 0.5) is 4.39 Å². The number of hydrogen-bond donors (Lipinski definition) is 1. The summed E-state index contributed by atoms with van der Waals surface area (Å²) in [7, 11) is 0.0641. The Morgan fingerprint density at radius 3 is 2.39 bits per heavy atom. The van der Waals surface area contributed by atoms with E-state index in [9.17, 15) is 5.11 Å². The lowest BCUT2D eigenvalue weighted by molar-refractivity contribution is -0.0894. The average molecular weight is 390 g/mol. The zero-order valence-corrected chi connectivity index (χ0v) is 16.4. The zero-order chi connectivity index (χ0) is 20.4. The predicted octanol–water partition coefficient (Wildman–Crippen LogP) is 2.00.